The third-order valence-electron chi connectivity index (χ3n) is 2.41. The van der Waals surface area contributed by atoms with Gasteiger partial charge in [-0.3, -0.25) is 10.6 Å². The van der Waals surface area contributed by atoms with Crippen LogP contribution in [-0.4, -0.2) is 10.9 Å². The predicted octanol–water partition coefficient (Wildman–Crippen LogP) is 2.66. The van der Waals surface area contributed by atoms with Crippen LogP contribution in [0.4, 0.5) is 20.2 Å². The van der Waals surface area contributed by atoms with Gasteiger partial charge in [-0.2, -0.15) is 0 Å². The number of halogens is 3. The normalized spacial score (nSPS) is 10.2. The molecule has 0 spiro atoms. The maximum Gasteiger partial charge on any atom is 0.274 e. The van der Waals surface area contributed by atoms with E-state index in [1.54, 1.807) is 0 Å². The fourth-order valence-electron chi connectivity index (χ4n) is 1.45. The fraction of sp³-hybridized carbons (Fsp3) is 0. The highest BCUT2D eigenvalue weighted by atomic mass is 79.9. The molecule has 0 bridgehead atoms. The second-order valence-electron chi connectivity index (χ2n) is 3.78. The van der Waals surface area contributed by atoms with E-state index in [9.17, 15) is 13.6 Å². The zero-order chi connectivity index (χ0) is 14.7. The van der Waals surface area contributed by atoms with Crippen molar-refractivity contribution in [2.24, 2.45) is 5.84 Å². The number of aromatic nitrogens is 1. The molecule has 0 aliphatic heterocycles. The van der Waals surface area contributed by atoms with Crippen molar-refractivity contribution in [1.29, 1.82) is 0 Å². The molecule has 1 aromatic heterocycles. The van der Waals surface area contributed by atoms with E-state index in [-0.39, 0.29) is 10.2 Å². The van der Waals surface area contributed by atoms with Gasteiger partial charge in [-0.1, -0.05) is 15.9 Å². The summed E-state index contributed by atoms with van der Waals surface area (Å²) < 4.78 is 27.4. The number of carbonyl (C=O) groups is 1. The number of nitrogens with zero attached hydrogens (tertiary/aromatic N) is 1. The number of nitrogens with two attached hydrogens (primary N) is 1. The molecule has 0 unspecified atom stereocenters. The highest BCUT2D eigenvalue weighted by Gasteiger charge is 2.15. The van der Waals surface area contributed by atoms with Gasteiger partial charge in [-0.15, -0.1) is 0 Å². The van der Waals surface area contributed by atoms with Crippen molar-refractivity contribution in [3.8, 4) is 0 Å². The molecule has 1 heterocycles. The zero-order valence-corrected chi connectivity index (χ0v) is 11.5. The van der Waals surface area contributed by atoms with Crippen molar-refractivity contribution in [2.45, 2.75) is 0 Å². The Balaban J connectivity index is 2.23. The molecular weight excluding hydrogens is 334 g/mol. The summed E-state index contributed by atoms with van der Waals surface area (Å²) in [6.07, 6.45) is 1.32. The van der Waals surface area contributed by atoms with Crippen molar-refractivity contribution in [3.05, 3.63) is 52.3 Å². The molecule has 2 rings (SSSR count). The number of carbonyl (C=O) groups excluding carboxylic acids is 1. The molecule has 0 saturated heterocycles. The quantitative estimate of drug-likeness (QED) is 0.591. The summed E-state index contributed by atoms with van der Waals surface area (Å²) in [5.41, 5.74) is 2.33. The number of rotatable bonds is 3. The number of benzene rings is 1. The molecule has 20 heavy (non-hydrogen) atoms. The van der Waals surface area contributed by atoms with Crippen LogP contribution in [-0.2, 0) is 0 Å². The van der Waals surface area contributed by atoms with Gasteiger partial charge in [-0.25, -0.2) is 13.8 Å². The Morgan fingerprint density at radius 3 is 2.40 bits per heavy atom. The summed E-state index contributed by atoms with van der Waals surface area (Å²) in [6, 6.07) is 4.98. The minimum Gasteiger partial charge on any atom is -0.323 e. The Morgan fingerprint density at radius 1 is 1.25 bits per heavy atom. The molecule has 0 aliphatic rings. The Kier molecular flexibility index (Phi) is 4.26. The second-order valence-corrected chi connectivity index (χ2v) is 4.69. The van der Waals surface area contributed by atoms with Gasteiger partial charge in [0, 0.05) is 4.47 Å². The average Bonchev–Trinajstić information content (AvgIpc) is 2.42. The van der Waals surface area contributed by atoms with Gasteiger partial charge >= 0.3 is 0 Å². The molecule has 0 saturated carbocycles. The molecule has 0 radical (unpaired) electrons. The van der Waals surface area contributed by atoms with Crippen molar-refractivity contribution in [1.82, 2.24) is 4.98 Å². The summed E-state index contributed by atoms with van der Waals surface area (Å²) in [7, 11) is 0. The first kappa shape index (κ1) is 14.4. The third-order valence-corrected chi connectivity index (χ3v) is 2.87. The van der Waals surface area contributed by atoms with E-state index < -0.39 is 23.2 Å². The van der Waals surface area contributed by atoms with E-state index in [1.807, 2.05) is 0 Å². The highest BCUT2D eigenvalue weighted by molar-refractivity contribution is 9.10. The lowest BCUT2D eigenvalue weighted by Crippen LogP contribution is -2.16. The van der Waals surface area contributed by atoms with Crippen LogP contribution < -0.4 is 16.6 Å². The average molecular weight is 343 g/mol. The summed E-state index contributed by atoms with van der Waals surface area (Å²) in [5, 5.41) is 2.14. The van der Waals surface area contributed by atoms with Crippen LogP contribution in [0.15, 0.2) is 34.9 Å². The first-order chi connectivity index (χ1) is 9.51. The van der Waals surface area contributed by atoms with Crippen molar-refractivity contribution >= 4 is 33.2 Å². The Bertz CT molecular complexity index is 625. The van der Waals surface area contributed by atoms with E-state index in [2.05, 4.69) is 31.7 Å². The maximum atomic E-state index is 13.6. The van der Waals surface area contributed by atoms with Gasteiger partial charge in [-0.05, 0) is 24.3 Å². The van der Waals surface area contributed by atoms with E-state index in [4.69, 9.17) is 5.84 Å². The van der Waals surface area contributed by atoms with Gasteiger partial charge in [0.15, 0.2) is 11.6 Å². The van der Waals surface area contributed by atoms with Crippen molar-refractivity contribution in [3.63, 3.8) is 0 Å². The topological polar surface area (TPSA) is 80.0 Å². The molecule has 2 aromatic rings. The summed E-state index contributed by atoms with van der Waals surface area (Å²) in [5.74, 6) is 2.66. The van der Waals surface area contributed by atoms with Crippen LogP contribution in [0.3, 0.4) is 0 Å². The Hall–Kier alpha value is -2.06. The summed E-state index contributed by atoms with van der Waals surface area (Å²) in [6.45, 7) is 0. The molecule has 1 aromatic carbocycles. The molecule has 0 aliphatic carbocycles. The lowest BCUT2D eigenvalue weighted by atomic mass is 10.2. The number of anilines is 2. The van der Waals surface area contributed by atoms with Gasteiger partial charge in [0.2, 0.25) is 0 Å². The lowest BCUT2D eigenvalue weighted by Gasteiger charge is -2.08. The predicted molar refractivity (Wildman–Crippen MR) is 74.1 cm³/mol. The number of pyridine rings is 1. The molecule has 4 N–H and O–H groups in total. The standard InChI is InChI=1S/C12H9BrF2N4O/c13-6-3-8(14)11(9(15)4-6)18-12(20)10-2-1-7(19-16)5-17-10/h1-5,19H,16H2,(H,18,20). The van der Waals surface area contributed by atoms with Crippen molar-refractivity contribution < 1.29 is 13.6 Å². The molecule has 1 amide bonds. The minimum atomic E-state index is -0.884. The summed E-state index contributed by atoms with van der Waals surface area (Å²) in [4.78, 5) is 15.6. The number of amides is 1. The van der Waals surface area contributed by atoms with Crippen LogP contribution in [0.2, 0.25) is 0 Å². The molecular formula is C12H9BrF2N4O. The van der Waals surface area contributed by atoms with E-state index in [0.717, 1.165) is 12.1 Å². The van der Waals surface area contributed by atoms with Crippen LogP contribution in [0.5, 0.6) is 0 Å². The van der Waals surface area contributed by atoms with Gasteiger partial charge < -0.3 is 10.7 Å². The van der Waals surface area contributed by atoms with Crippen LogP contribution in [0, 0.1) is 11.6 Å². The van der Waals surface area contributed by atoms with Gasteiger partial charge in [0.05, 0.1) is 11.9 Å². The van der Waals surface area contributed by atoms with Gasteiger partial charge in [0.1, 0.15) is 11.4 Å². The molecule has 8 heteroatoms. The minimum absolute atomic E-state index is 0.00530. The molecule has 0 atom stereocenters. The zero-order valence-electron chi connectivity index (χ0n) is 9.95. The number of hydrogen-bond donors (Lipinski definition) is 3. The maximum absolute atomic E-state index is 13.6. The van der Waals surface area contributed by atoms with Crippen LogP contribution in [0.1, 0.15) is 10.5 Å². The Morgan fingerprint density at radius 2 is 1.90 bits per heavy atom. The first-order valence-corrected chi connectivity index (χ1v) is 6.19. The second kappa shape index (κ2) is 5.93. The largest absolute Gasteiger partial charge is 0.323 e. The number of nitrogens with one attached hydrogen (secondary N) is 2. The molecule has 104 valence electrons. The van der Waals surface area contributed by atoms with Crippen LogP contribution >= 0.6 is 15.9 Å². The fourth-order valence-corrected chi connectivity index (χ4v) is 1.85. The van der Waals surface area contributed by atoms with E-state index in [1.165, 1.54) is 18.3 Å². The van der Waals surface area contributed by atoms with E-state index >= 15 is 0 Å². The third kappa shape index (κ3) is 3.09. The summed E-state index contributed by atoms with van der Waals surface area (Å²) >= 11 is 2.95. The molecule has 0 fully saturated rings. The molecule has 5 nitrogen and oxygen atoms in total. The lowest BCUT2D eigenvalue weighted by molar-refractivity contribution is 0.102. The first-order valence-electron chi connectivity index (χ1n) is 5.40. The van der Waals surface area contributed by atoms with E-state index in [0.29, 0.717) is 5.69 Å². The Labute approximate surface area is 121 Å². The monoisotopic (exact) mass is 342 g/mol. The number of hydrazine groups is 1. The van der Waals surface area contributed by atoms with Crippen molar-refractivity contribution in [2.75, 3.05) is 10.7 Å². The number of hydrogen-bond acceptors (Lipinski definition) is 4. The van der Waals surface area contributed by atoms with Gasteiger partial charge in [0.25, 0.3) is 5.91 Å². The SMILES string of the molecule is NNc1ccc(C(=O)Nc2c(F)cc(Br)cc2F)nc1. The number of nitrogen functional groups attached to an aromatic ring is 1. The smallest absolute Gasteiger partial charge is 0.274 e. The van der Waals surface area contributed by atoms with Crippen LogP contribution in [0.25, 0.3) is 0 Å². The highest BCUT2D eigenvalue weighted by Crippen LogP contribution is 2.24.